The van der Waals surface area contributed by atoms with Crippen molar-refractivity contribution >= 4 is 17.8 Å². The summed E-state index contributed by atoms with van der Waals surface area (Å²) in [5.41, 5.74) is 4.72. The third-order valence-electron chi connectivity index (χ3n) is 9.10. The van der Waals surface area contributed by atoms with E-state index in [2.05, 4.69) is 6.07 Å². The standard InChI is InChI=1S/C41H47NO6/c1-30-17-16-22-33(25-30)35-28-38(48-37(35)23-14-6-4-2-3-5-7-15-24-43)39(44)36(27-32-20-12-9-13-21-32)40(45)42-34(29-47-41(42)46)26-31-18-10-8-11-19-31/h8-13,16-22,25,28,34,36,43H,2-7,14-15,23-24,26-27,29H2,1H3. The number of aliphatic hydroxyl groups is 1. The van der Waals surface area contributed by atoms with Crippen molar-refractivity contribution in [3.8, 4) is 11.1 Å². The van der Waals surface area contributed by atoms with Crippen molar-refractivity contribution < 1.29 is 28.6 Å². The van der Waals surface area contributed by atoms with Gasteiger partial charge in [-0.15, -0.1) is 0 Å². The quantitative estimate of drug-likeness (QED) is 0.0659. The summed E-state index contributed by atoms with van der Waals surface area (Å²) in [4.78, 5) is 42.8. The fraction of sp³-hybridized carbons (Fsp3) is 0.390. The number of unbranched alkanes of at least 4 members (excludes halogenated alkanes) is 7. The lowest BCUT2D eigenvalue weighted by Gasteiger charge is -2.24. The molecule has 1 N–H and O–H groups in total. The molecule has 7 heteroatoms. The van der Waals surface area contributed by atoms with E-state index in [9.17, 15) is 14.4 Å². The number of benzene rings is 3. The number of carbonyl (C=O) groups excluding carboxylic acids is 3. The molecule has 1 aliphatic rings. The fourth-order valence-corrected chi connectivity index (χ4v) is 6.50. The SMILES string of the molecule is Cc1cccc(-c2cc(C(=O)C(Cc3ccccc3)C(=O)N3C(=O)OCC3Cc3ccccc3)oc2CCCCCCCCCCO)c1. The number of aryl methyl sites for hydroxylation is 2. The van der Waals surface area contributed by atoms with Gasteiger partial charge in [-0.1, -0.05) is 129 Å². The predicted molar refractivity (Wildman–Crippen MR) is 187 cm³/mol. The zero-order valence-corrected chi connectivity index (χ0v) is 27.9. The highest BCUT2D eigenvalue weighted by atomic mass is 16.6. The molecule has 7 nitrogen and oxygen atoms in total. The van der Waals surface area contributed by atoms with Crippen LogP contribution in [0.1, 0.15) is 84.4 Å². The Morgan fingerprint density at radius 2 is 1.46 bits per heavy atom. The lowest BCUT2D eigenvalue weighted by molar-refractivity contribution is -0.131. The molecule has 2 unspecified atom stereocenters. The Labute approximate surface area is 283 Å². The first-order chi connectivity index (χ1) is 23.4. The minimum absolute atomic E-state index is 0.0801. The van der Waals surface area contributed by atoms with Crippen molar-refractivity contribution in [2.24, 2.45) is 5.92 Å². The zero-order valence-electron chi connectivity index (χ0n) is 27.9. The summed E-state index contributed by atoms with van der Waals surface area (Å²) in [6, 6.07) is 28.5. The smallest absolute Gasteiger partial charge is 0.417 e. The van der Waals surface area contributed by atoms with Gasteiger partial charge in [-0.2, -0.15) is 0 Å². The van der Waals surface area contributed by atoms with Crippen LogP contribution in [0.25, 0.3) is 11.1 Å². The number of hydrogen-bond donors (Lipinski definition) is 1. The Kier molecular flexibility index (Phi) is 12.8. The normalized spacial score (nSPS) is 15.0. The number of Topliss-reactive ketones (excluding diaryl/α,β-unsaturated/α-hetero) is 1. The number of ketones is 1. The second-order valence-electron chi connectivity index (χ2n) is 12.9. The van der Waals surface area contributed by atoms with E-state index in [4.69, 9.17) is 14.3 Å². The molecule has 0 bridgehead atoms. The monoisotopic (exact) mass is 649 g/mol. The van der Waals surface area contributed by atoms with Gasteiger partial charge in [0.05, 0.1) is 6.04 Å². The number of cyclic esters (lactones) is 1. The van der Waals surface area contributed by atoms with Crippen molar-refractivity contribution in [1.29, 1.82) is 0 Å². The van der Waals surface area contributed by atoms with Crippen molar-refractivity contribution in [2.45, 2.75) is 83.6 Å². The Bertz CT molecular complexity index is 1630. The lowest BCUT2D eigenvalue weighted by atomic mass is 9.91. The highest BCUT2D eigenvalue weighted by molar-refractivity contribution is 6.12. The molecule has 3 aromatic carbocycles. The Morgan fingerprint density at radius 3 is 2.12 bits per heavy atom. The molecule has 0 aliphatic carbocycles. The van der Waals surface area contributed by atoms with Crippen LogP contribution in [-0.2, 0) is 28.8 Å². The van der Waals surface area contributed by atoms with E-state index in [-0.39, 0.29) is 25.4 Å². The van der Waals surface area contributed by atoms with Crippen LogP contribution in [-0.4, -0.2) is 47.0 Å². The van der Waals surface area contributed by atoms with Gasteiger partial charge in [-0.25, -0.2) is 9.69 Å². The van der Waals surface area contributed by atoms with Crippen LogP contribution < -0.4 is 0 Å². The van der Waals surface area contributed by atoms with E-state index in [1.165, 1.54) is 6.42 Å². The van der Waals surface area contributed by atoms with Crippen LogP contribution in [0.3, 0.4) is 0 Å². The maximum Gasteiger partial charge on any atom is 0.417 e. The number of carbonyl (C=O) groups is 3. The summed E-state index contributed by atoms with van der Waals surface area (Å²) < 4.78 is 11.7. The highest BCUT2D eigenvalue weighted by Gasteiger charge is 2.44. The van der Waals surface area contributed by atoms with Gasteiger partial charge in [-0.3, -0.25) is 9.59 Å². The summed E-state index contributed by atoms with van der Waals surface area (Å²) >= 11 is 0. The number of hydrogen-bond acceptors (Lipinski definition) is 6. The molecular formula is C41H47NO6. The molecule has 2 amide bonds. The lowest BCUT2D eigenvalue weighted by Crippen LogP contribution is -2.46. The van der Waals surface area contributed by atoms with Gasteiger partial charge in [0.1, 0.15) is 18.3 Å². The number of nitrogens with zero attached hydrogens (tertiary/aromatic N) is 1. The summed E-state index contributed by atoms with van der Waals surface area (Å²) in [6.07, 6.45) is 9.03. The van der Waals surface area contributed by atoms with Gasteiger partial charge < -0.3 is 14.3 Å². The topological polar surface area (TPSA) is 97.1 Å². The minimum atomic E-state index is -1.16. The van der Waals surface area contributed by atoms with Crippen LogP contribution in [0.15, 0.2) is 95.4 Å². The zero-order chi connectivity index (χ0) is 33.7. The fourth-order valence-electron chi connectivity index (χ4n) is 6.50. The molecular weight excluding hydrogens is 602 g/mol. The van der Waals surface area contributed by atoms with Crippen molar-refractivity contribution in [1.82, 2.24) is 4.90 Å². The first-order valence-electron chi connectivity index (χ1n) is 17.4. The Morgan fingerprint density at radius 1 is 0.812 bits per heavy atom. The average molecular weight is 650 g/mol. The molecule has 1 saturated heterocycles. The number of amides is 2. The molecule has 1 aromatic heterocycles. The largest absolute Gasteiger partial charge is 0.457 e. The number of aliphatic hydroxyl groups excluding tert-OH is 1. The van der Waals surface area contributed by atoms with E-state index >= 15 is 0 Å². The average Bonchev–Trinajstić information content (AvgIpc) is 3.70. The second kappa shape index (κ2) is 17.6. The Hall–Kier alpha value is -4.49. The van der Waals surface area contributed by atoms with E-state index in [0.717, 1.165) is 83.4 Å². The maximum atomic E-state index is 14.4. The molecule has 1 fully saturated rings. The third-order valence-corrected chi connectivity index (χ3v) is 9.10. The van der Waals surface area contributed by atoms with Gasteiger partial charge in [0, 0.05) is 18.6 Å². The summed E-state index contributed by atoms with van der Waals surface area (Å²) in [7, 11) is 0. The maximum absolute atomic E-state index is 14.4. The molecule has 48 heavy (non-hydrogen) atoms. The van der Waals surface area contributed by atoms with Crippen LogP contribution in [0.2, 0.25) is 0 Å². The van der Waals surface area contributed by atoms with Crippen molar-refractivity contribution in [3.63, 3.8) is 0 Å². The minimum Gasteiger partial charge on any atom is -0.457 e. The predicted octanol–water partition coefficient (Wildman–Crippen LogP) is 8.54. The van der Waals surface area contributed by atoms with Gasteiger partial charge in [-0.05, 0) is 55.4 Å². The summed E-state index contributed by atoms with van der Waals surface area (Å²) in [6.45, 7) is 2.37. The van der Waals surface area contributed by atoms with E-state index < -0.39 is 29.7 Å². The second-order valence-corrected chi connectivity index (χ2v) is 12.9. The molecule has 0 radical (unpaired) electrons. The van der Waals surface area contributed by atoms with E-state index in [1.807, 2.05) is 85.8 Å². The molecule has 2 heterocycles. The van der Waals surface area contributed by atoms with Crippen molar-refractivity contribution in [3.05, 3.63) is 119 Å². The van der Waals surface area contributed by atoms with Gasteiger partial charge >= 0.3 is 6.09 Å². The van der Waals surface area contributed by atoms with E-state index in [1.54, 1.807) is 6.07 Å². The van der Waals surface area contributed by atoms with E-state index in [0.29, 0.717) is 12.8 Å². The first kappa shape index (κ1) is 34.8. The van der Waals surface area contributed by atoms with Crippen LogP contribution in [0.5, 0.6) is 0 Å². The molecule has 252 valence electrons. The highest BCUT2D eigenvalue weighted by Crippen LogP contribution is 2.32. The Balaban J connectivity index is 1.38. The summed E-state index contributed by atoms with van der Waals surface area (Å²) in [5.74, 6) is -1.30. The molecule has 5 rings (SSSR count). The molecule has 0 spiro atoms. The van der Waals surface area contributed by atoms with Crippen LogP contribution in [0, 0.1) is 12.8 Å². The number of furan rings is 1. The molecule has 1 aliphatic heterocycles. The molecule has 4 aromatic rings. The van der Waals surface area contributed by atoms with Gasteiger partial charge in [0.2, 0.25) is 11.7 Å². The van der Waals surface area contributed by atoms with Crippen LogP contribution >= 0.6 is 0 Å². The first-order valence-corrected chi connectivity index (χ1v) is 17.4. The number of rotatable bonds is 18. The third kappa shape index (κ3) is 9.32. The van der Waals surface area contributed by atoms with Crippen molar-refractivity contribution in [2.75, 3.05) is 13.2 Å². The number of imide groups is 1. The van der Waals surface area contributed by atoms with Crippen LogP contribution in [0.4, 0.5) is 4.79 Å². The van der Waals surface area contributed by atoms with Gasteiger partial charge in [0.15, 0.2) is 5.76 Å². The molecule has 0 saturated carbocycles. The molecule has 2 atom stereocenters. The van der Waals surface area contributed by atoms with Gasteiger partial charge in [0.25, 0.3) is 0 Å². The summed E-state index contributed by atoms with van der Waals surface area (Å²) in [5, 5.41) is 8.98. The number of ether oxygens (including phenoxy) is 1.